The predicted octanol–water partition coefficient (Wildman–Crippen LogP) is 1.05. The summed E-state index contributed by atoms with van der Waals surface area (Å²) in [7, 11) is 0. The van der Waals surface area contributed by atoms with Crippen molar-refractivity contribution in [3.05, 3.63) is 18.0 Å². The SMILES string of the molecule is O=C1CN(Cc2ccn(C3CCCC3)n2)C(=O)N1. The Kier molecular flexibility index (Phi) is 2.77. The molecule has 0 atom stereocenters. The highest BCUT2D eigenvalue weighted by atomic mass is 16.2. The third-order valence-electron chi connectivity index (χ3n) is 3.58. The molecule has 2 aliphatic rings. The summed E-state index contributed by atoms with van der Waals surface area (Å²) >= 11 is 0. The number of hydrogen-bond donors (Lipinski definition) is 1. The Balaban J connectivity index is 1.66. The fourth-order valence-corrected chi connectivity index (χ4v) is 2.64. The van der Waals surface area contributed by atoms with Crippen LogP contribution in [-0.2, 0) is 11.3 Å². The van der Waals surface area contributed by atoms with Crippen LogP contribution in [0.15, 0.2) is 12.3 Å². The Morgan fingerprint density at radius 1 is 1.33 bits per heavy atom. The topological polar surface area (TPSA) is 67.2 Å². The second-order valence-corrected chi connectivity index (χ2v) is 4.93. The molecule has 1 aromatic rings. The van der Waals surface area contributed by atoms with Crippen LogP contribution >= 0.6 is 0 Å². The lowest BCUT2D eigenvalue weighted by atomic mass is 10.3. The van der Waals surface area contributed by atoms with Crippen LogP contribution in [0.4, 0.5) is 4.79 Å². The van der Waals surface area contributed by atoms with Gasteiger partial charge in [-0.05, 0) is 18.9 Å². The fraction of sp³-hybridized carbons (Fsp3) is 0.583. The van der Waals surface area contributed by atoms with Gasteiger partial charge in [-0.1, -0.05) is 12.8 Å². The highest BCUT2D eigenvalue weighted by Gasteiger charge is 2.27. The van der Waals surface area contributed by atoms with Crippen LogP contribution in [0.2, 0.25) is 0 Å². The van der Waals surface area contributed by atoms with Crippen LogP contribution in [0, 0.1) is 0 Å². The molecule has 0 aromatic carbocycles. The number of nitrogens with zero attached hydrogens (tertiary/aromatic N) is 3. The largest absolute Gasteiger partial charge is 0.324 e. The van der Waals surface area contributed by atoms with E-state index in [1.807, 2.05) is 16.9 Å². The van der Waals surface area contributed by atoms with E-state index in [1.54, 1.807) is 0 Å². The lowest BCUT2D eigenvalue weighted by Crippen LogP contribution is -2.28. The van der Waals surface area contributed by atoms with Gasteiger partial charge in [0.05, 0.1) is 18.3 Å². The summed E-state index contributed by atoms with van der Waals surface area (Å²) in [6, 6.07) is 2.11. The van der Waals surface area contributed by atoms with Crippen LogP contribution in [-0.4, -0.2) is 33.2 Å². The molecule has 1 saturated heterocycles. The van der Waals surface area contributed by atoms with Gasteiger partial charge >= 0.3 is 6.03 Å². The number of carbonyl (C=O) groups excluding carboxylic acids is 2. The molecule has 1 N–H and O–H groups in total. The summed E-state index contributed by atoms with van der Waals surface area (Å²) in [5.74, 6) is -0.241. The number of aromatic nitrogens is 2. The number of carbonyl (C=O) groups is 2. The van der Waals surface area contributed by atoms with Gasteiger partial charge in [-0.2, -0.15) is 5.10 Å². The molecule has 2 fully saturated rings. The Morgan fingerprint density at radius 3 is 2.78 bits per heavy atom. The summed E-state index contributed by atoms with van der Waals surface area (Å²) in [6.07, 6.45) is 6.88. The zero-order valence-corrected chi connectivity index (χ0v) is 10.1. The Morgan fingerprint density at radius 2 is 2.11 bits per heavy atom. The molecular formula is C12H16N4O2. The van der Waals surface area contributed by atoms with Gasteiger partial charge in [-0.25, -0.2) is 4.79 Å². The second kappa shape index (κ2) is 4.44. The molecule has 6 heteroatoms. The Bertz CT molecular complexity index is 476. The minimum absolute atomic E-state index is 0.134. The average Bonchev–Trinajstić information content (AvgIpc) is 3.02. The maximum Gasteiger partial charge on any atom is 0.324 e. The maximum absolute atomic E-state index is 11.4. The average molecular weight is 248 g/mol. The fourth-order valence-electron chi connectivity index (χ4n) is 2.64. The summed E-state index contributed by atoms with van der Waals surface area (Å²) in [6.45, 7) is 0.534. The van der Waals surface area contributed by atoms with Gasteiger partial charge in [0.25, 0.3) is 0 Å². The standard InChI is InChI=1S/C12H16N4O2/c17-11-8-15(12(18)13-11)7-9-5-6-16(14-9)10-3-1-2-4-10/h5-6,10H,1-4,7-8H2,(H,13,17,18). The Labute approximate surface area is 105 Å². The van der Waals surface area contributed by atoms with E-state index < -0.39 is 0 Å². The van der Waals surface area contributed by atoms with E-state index in [1.165, 1.54) is 30.6 Å². The first-order valence-corrected chi connectivity index (χ1v) is 6.35. The molecule has 0 radical (unpaired) electrons. The highest BCUT2D eigenvalue weighted by Crippen LogP contribution is 2.28. The number of amides is 3. The van der Waals surface area contributed by atoms with Gasteiger partial charge in [0.15, 0.2) is 0 Å². The van der Waals surface area contributed by atoms with Crippen LogP contribution in [0.3, 0.4) is 0 Å². The number of nitrogens with one attached hydrogen (secondary N) is 1. The molecule has 0 bridgehead atoms. The van der Waals surface area contributed by atoms with E-state index in [4.69, 9.17) is 0 Å². The monoisotopic (exact) mass is 248 g/mol. The normalized spacial score (nSPS) is 20.8. The zero-order chi connectivity index (χ0) is 12.5. The minimum Gasteiger partial charge on any atom is -0.309 e. The molecule has 3 amide bonds. The number of imide groups is 1. The van der Waals surface area contributed by atoms with Crippen LogP contribution < -0.4 is 5.32 Å². The molecule has 1 saturated carbocycles. The number of hydrogen-bond acceptors (Lipinski definition) is 3. The van der Waals surface area contributed by atoms with Crippen molar-refractivity contribution < 1.29 is 9.59 Å². The third-order valence-corrected chi connectivity index (χ3v) is 3.58. The molecular weight excluding hydrogens is 232 g/mol. The summed E-state index contributed by atoms with van der Waals surface area (Å²) in [4.78, 5) is 24.0. The summed E-state index contributed by atoms with van der Waals surface area (Å²) in [5.41, 5.74) is 0.840. The van der Waals surface area contributed by atoms with Gasteiger partial charge in [0.1, 0.15) is 6.54 Å². The van der Waals surface area contributed by atoms with Crippen molar-refractivity contribution >= 4 is 11.9 Å². The van der Waals surface area contributed by atoms with Gasteiger partial charge in [-0.15, -0.1) is 0 Å². The van der Waals surface area contributed by atoms with Crippen molar-refractivity contribution in [1.29, 1.82) is 0 Å². The molecule has 0 spiro atoms. The van der Waals surface area contributed by atoms with Gasteiger partial charge in [0.2, 0.25) is 5.91 Å². The van der Waals surface area contributed by atoms with Gasteiger partial charge in [0, 0.05) is 6.20 Å². The minimum atomic E-state index is -0.324. The first-order chi connectivity index (χ1) is 8.72. The first kappa shape index (κ1) is 11.3. The summed E-state index contributed by atoms with van der Waals surface area (Å²) < 4.78 is 2.00. The van der Waals surface area contributed by atoms with Crippen molar-refractivity contribution in [2.24, 2.45) is 0 Å². The molecule has 1 aliphatic heterocycles. The van der Waals surface area contributed by atoms with E-state index in [-0.39, 0.29) is 18.5 Å². The van der Waals surface area contributed by atoms with E-state index >= 15 is 0 Å². The lowest BCUT2D eigenvalue weighted by molar-refractivity contribution is -0.118. The molecule has 6 nitrogen and oxygen atoms in total. The van der Waals surface area contributed by atoms with E-state index in [0.717, 1.165) is 5.69 Å². The van der Waals surface area contributed by atoms with Crippen LogP contribution in [0.1, 0.15) is 37.4 Å². The van der Waals surface area contributed by atoms with Crippen molar-refractivity contribution in [2.75, 3.05) is 6.54 Å². The number of rotatable bonds is 3. The molecule has 2 heterocycles. The van der Waals surface area contributed by atoms with E-state index in [9.17, 15) is 9.59 Å². The van der Waals surface area contributed by atoms with Crippen LogP contribution in [0.5, 0.6) is 0 Å². The Hall–Kier alpha value is -1.85. The molecule has 96 valence electrons. The van der Waals surface area contributed by atoms with E-state index in [0.29, 0.717) is 12.6 Å². The van der Waals surface area contributed by atoms with Crippen molar-refractivity contribution in [2.45, 2.75) is 38.3 Å². The van der Waals surface area contributed by atoms with Gasteiger partial charge < -0.3 is 4.90 Å². The molecule has 3 rings (SSSR count). The summed E-state index contributed by atoms with van der Waals surface area (Å²) in [5, 5.41) is 6.76. The smallest absolute Gasteiger partial charge is 0.309 e. The first-order valence-electron chi connectivity index (χ1n) is 6.35. The molecule has 0 unspecified atom stereocenters. The second-order valence-electron chi connectivity index (χ2n) is 4.93. The molecule has 1 aliphatic carbocycles. The maximum atomic E-state index is 11.4. The van der Waals surface area contributed by atoms with Crippen molar-refractivity contribution in [3.8, 4) is 0 Å². The van der Waals surface area contributed by atoms with E-state index in [2.05, 4.69) is 10.4 Å². The predicted molar refractivity (Wildman–Crippen MR) is 63.7 cm³/mol. The van der Waals surface area contributed by atoms with Crippen LogP contribution in [0.25, 0.3) is 0 Å². The number of urea groups is 1. The zero-order valence-electron chi connectivity index (χ0n) is 10.1. The third kappa shape index (κ3) is 2.10. The highest BCUT2D eigenvalue weighted by molar-refractivity contribution is 6.01. The lowest BCUT2D eigenvalue weighted by Gasteiger charge is -2.11. The molecule has 1 aromatic heterocycles. The quantitative estimate of drug-likeness (QED) is 0.813. The van der Waals surface area contributed by atoms with Crippen molar-refractivity contribution in [3.63, 3.8) is 0 Å². The molecule has 18 heavy (non-hydrogen) atoms. The van der Waals surface area contributed by atoms with Crippen molar-refractivity contribution in [1.82, 2.24) is 20.0 Å². The van der Waals surface area contributed by atoms with Gasteiger partial charge in [-0.3, -0.25) is 14.8 Å².